The van der Waals surface area contributed by atoms with Crippen molar-refractivity contribution in [2.75, 3.05) is 0 Å². The molecule has 0 aliphatic heterocycles. The van der Waals surface area contributed by atoms with E-state index in [0.29, 0.717) is 5.69 Å². The van der Waals surface area contributed by atoms with E-state index in [4.69, 9.17) is 0 Å². The molecule has 22 heavy (non-hydrogen) atoms. The molecule has 1 heterocycles. The summed E-state index contributed by atoms with van der Waals surface area (Å²) in [4.78, 5) is 15.2. The number of benzene rings is 2. The summed E-state index contributed by atoms with van der Waals surface area (Å²) in [6.45, 7) is 0. The first-order valence-electron chi connectivity index (χ1n) is 6.66. The zero-order valence-corrected chi connectivity index (χ0v) is 12.4. The normalized spacial score (nSPS) is 12.0. The van der Waals surface area contributed by atoms with Crippen LogP contribution < -0.4 is 0 Å². The molecule has 0 fully saturated rings. The zero-order chi connectivity index (χ0) is 15.6. The van der Waals surface area contributed by atoms with E-state index in [2.05, 4.69) is 4.98 Å². The maximum atomic E-state index is 12.1. The highest BCUT2D eigenvalue weighted by atomic mass is 32.2. The van der Waals surface area contributed by atoms with Crippen molar-refractivity contribution in [3.63, 3.8) is 0 Å². The van der Waals surface area contributed by atoms with Crippen molar-refractivity contribution in [1.82, 2.24) is 4.98 Å². The third-order valence-corrected chi connectivity index (χ3v) is 4.69. The number of rotatable bonds is 4. The predicted octanol–water partition coefficient (Wildman–Crippen LogP) is 3.34. The molecular formula is C17H13NO3S. The lowest BCUT2D eigenvalue weighted by molar-refractivity contribution is 0.104. The Morgan fingerprint density at radius 2 is 1.64 bits per heavy atom. The molecule has 0 saturated carbocycles. The second-order valence-electron chi connectivity index (χ2n) is 4.80. The molecule has 0 bridgehead atoms. The van der Waals surface area contributed by atoms with Crippen LogP contribution in [0, 0.1) is 0 Å². The Balaban J connectivity index is 1.87. The van der Waals surface area contributed by atoms with E-state index in [-0.39, 0.29) is 10.7 Å². The highest BCUT2D eigenvalue weighted by Crippen LogP contribution is 2.16. The van der Waals surface area contributed by atoms with Crippen LogP contribution in [0.5, 0.6) is 0 Å². The zero-order valence-electron chi connectivity index (χ0n) is 11.6. The first-order valence-corrected chi connectivity index (χ1v) is 8.21. The van der Waals surface area contributed by atoms with Crippen molar-refractivity contribution in [3.8, 4) is 0 Å². The lowest BCUT2D eigenvalue weighted by Crippen LogP contribution is -1.99. The second kappa shape index (κ2) is 5.61. The van der Waals surface area contributed by atoms with Gasteiger partial charge in [-0.25, -0.2) is 8.42 Å². The molecule has 0 saturated heterocycles. The first kappa shape index (κ1) is 14.3. The summed E-state index contributed by atoms with van der Waals surface area (Å²) >= 11 is 0. The Morgan fingerprint density at radius 3 is 2.36 bits per heavy atom. The Hall–Kier alpha value is -2.66. The highest BCUT2D eigenvalue weighted by Gasteiger charge is 2.11. The van der Waals surface area contributed by atoms with E-state index in [1.54, 1.807) is 24.3 Å². The lowest BCUT2D eigenvalue weighted by atomic mass is 10.2. The summed E-state index contributed by atoms with van der Waals surface area (Å²) < 4.78 is 24.2. The minimum Gasteiger partial charge on any atom is -0.352 e. The van der Waals surface area contributed by atoms with Gasteiger partial charge < -0.3 is 4.98 Å². The Bertz CT molecular complexity index is 921. The van der Waals surface area contributed by atoms with Crippen LogP contribution in [-0.2, 0) is 9.84 Å². The third kappa shape index (κ3) is 2.84. The largest absolute Gasteiger partial charge is 0.352 e. The molecule has 110 valence electrons. The van der Waals surface area contributed by atoms with Crippen molar-refractivity contribution in [2.24, 2.45) is 0 Å². The lowest BCUT2D eigenvalue weighted by Gasteiger charge is -1.97. The topological polar surface area (TPSA) is 67.0 Å². The van der Waals surface area contributed by atoms with Crippen LogP contribution in [0.15, 0.2) is 77.0 Å². The number of sulfone groups is 1. The number of H-pyrrole nitrogens is 1. The van der Waals surface area contributed by atoms with Gasteiger partial charge in [-0.1, -0.05) is 36.4 Å². The number of aromatic amines is 1. The standard InChI is InChI=1S/C17H13NO3S/c19-17(16-12-13-6-4-5-9-15(13)18-16)10-11-22(20,21)14-7-2-1-3-8-14/h1-12,18H/b11-10+. The monoisotopic (exact) mass is 311 g/mol. The average Bonchev–Trinajstić information content (AvgIpc) is 2.98. The van der Waals surface area contributed by atoms with Gasteiger partial charge in [-0.3, -0.25) is 4.79 Å². The molecule has 0 amide bonds. The number of carbonyl (C=O) groups excluding carboxylic acids is 1. The summed E-state index contributed by atoms with van der Waals surface area (Å²) in [5, 5.41) is 1.85. The Kier molecular flexibility index (Phi) is 3.65. The molecule has 0 atom stereocenters. The van der Waals surface area contributed by atoms with Gasteiger partial charge in [0.15, 0.2) is 9.84 Å². The van der Waals surface area contributed by atoms with Gasteiger partial charge >= 0.3 is 0 Å². The summed E-state index contributed by atoms with van der Waals surface area (Å²) in [5.74, 6) is -0.379. The molecule has 0 aliphatic carbocycles. The van der Waals surface area contributed by atoms with E-state index in [1.807, 2.05) is 24.3 Å². The molecule has 0 radical (unpaired) electrons. The number of aromatic nitrogens is 1. The first-order chi connectivity index (χ1) is 10.6. The van der Waals surface area contributed by atoms with Gasteiger partial charge in [-0.15, -0.1) is 0 Å². The quantitative estimate of drug-likeness (QED) is 0.593. The summed E-state index contributed by atoms with van der Waals surface area (Å²) in [7, 11) is -3.61. The molecule has 0 unspecified atom stereocenters. The molecule has 4 nitrogen and oxygen atoms in total. The van der Waals surface area contributed by atoms with Gasteiger partial charge in [-0.2, -0.15) is 0 Å². The number of hydrogen-bond donors (Lipinski definition) is 1. The molecular weight excluding hydrogens is 298 g/mol. The van der Waals surface area contributed by atoms with Crippen LogP contribution in [0.2, 0.25) is 0 Å². The number of nitrogens with one attached hydrogen (secondary N) is 1. The van der Waals surface area contributed by atoms with Crippen LogP contribution in [0.4, 0.5) is 0 Å². The minimum atomic E-state index is -3.61. The van der Waals surface area contributed by atoms with Crippen molar-refractivity contribution in [2.45, 2.75) is 4.90 Å². The van der Waals surface area contributed by atoms with Gasteiger partial charge in [0.05, 0.1) is 10.6 Å². The summed E-state index contributed by atoms with van der Waals surface area (Å²) in [6, 6.07) is 17.2. The molecule has 1 aromatic heterocycles. The van der Waals surface area contributed by atoms with Gasteiger partial charge in [0.1, 0.15) is 0 Å². The molecule has 3 rings (SSSR count). The van der Waals surface area contributed by atoms with Crippen LogP contribution in [0.25, 0.3) is 10.9 Å². The molecule has 5 heteroatoms. The van der Waals surface area contributed by atoms with Crippen molar-refractivity contribution in [3.05, 3.63) is 77.8 Å². The van der Waals surface area contributed by atoms with Crippen LogP contribution in [-0.4, -0.2) is 19.2 Å². The molecule has 2 aromatic carbocycles. The van der Waals surface area contributed by atoms with E-state index in [0.717, 1.165) is 22.4 Å². The van der Waals surface area contributed by atoms with Gasteiger partial charge in [0, 0.05) is 16.3 Å². The Labute approximate surface area is 128 Å². The smallest absolute Gasteiger partial charge is 0.202 e. The van der Waals surface area contributed by atoms with Crippen LogP contribution in [0.3, 0.4) is 0 Å². The highest BCUT2D eigenvalue weighted by molar-refractivity contribution is 7.94. The number of carbonyl (C=O) groups is 1. The summed E-state index contributed by atoms with van der Waals surface area (Å²) in [5.41, 5.74) is 1.20. The minimum absolute atomic E-state index is 0.163. The van der Waals surface area contributed by atoms with Crippen LogP contribution >= 0.6 is 0 Å². The molecule has 3 aromatic rings. The van der Waals surface area contributed by atoms with Gasteiger partial charge in [-0.05, 0) is 30.3 Å². The third-order valence-electron chi connectivity index (χ3n) is 3.27. The fourth-order valence-corrected chi connectivity index (χ4v) is 3.13. The molecule has 0 spiro atoms. The van der Waals surface area contributed by atoms with E-state index in [1.165, 1.54) is 12.1 Å². The average molecular weight is 311 g/mol. The van der Waals surface area contributed by atoms with E-state index in [9.17, 15) is 13.2 Å². The van der Waals surface area contributed by atoms with E-state index < -0.39 is 9.84 Å². The molecule has 1 N–H and O–H groups in total. The molecule has 0 aliphatic rings. The van der Waals surface area contributed by atoms with Gasteiger partial charge in [0.2, 0.25) is 5.78 Å². The maximum absolute atomic E-state index is 12.1. The second-order valence-corrected chi connectivity index (χ2v) is 6.63. The van der Waals surface area contributed by atoms with E-state index >= 15 is 0 Å². The van der Waals surface area contributed by atoms with Crippen LogP contribution in [0.1, 0.15) is 10.5 Å². The SMILES string of the molecule is O=C(/C=C/S(=O)(=O)c1ccccc1)c1cc2ccccc2[nH]1. The van der Waals surface area contributed by atoms with Gasteiger partial charge in [0.25, 0.3) is 0 Å². The van der Waals surface area contributed by atoms with Crippen molar-refractivity contribution < 1.29 is 13.2 Å². The number of para-hydroxylation sites is 1. The Morgan fingerprint density at radius 1 is 0.955 bits per heavy atom. The maximum Gasteiger partial charge on any atom is 0.202 e. The number of ketones is 1. The van der Waals surface area contributed by atoms with Crippen molar-refractivity contribution >= 4 is 26.5 Å². The fraction of sp³-hybridized carbons (Fsp3) is 0. The predicted molar refractivity (Wildman–Crippen MR) is 85.4 cm³/mol. The number of fused-ring (bicyclic) bond motifs is 1. The number of hydrogen-bond acceptors (Lipinski definition) is 3. The number of allylic oxidation sites excluding steroid dienone is 1. The fourth-order valence-electron chi connectivity index (χ4n) is 2.14. The van der Waals surface area contributed by atoms with Crippen molar-refractivity contribution in [1.29, 1.82) is 0 Å². The summed E-state index contributed by atoms with van der Waals surface area (Å²) in [6.07, 6.45) is 1.08.